The van der Waals surface area contributed by atoms with Crippen LogP contribution in [0.5, 0.6) is 0 Å². The standard InChI is InChI=1S/C16H21NO4S/c1-12-9-13-5-2-3-7-15(13)17(12)16(18)11-22(19,20)10-14-6-4-8-21-14/h2-3,5,7,12,14H,4,6,8-11H2,1H3. The molecule has 0 spiro atoms. The molecule has 3 rings (SSSR count). The maximum atomic E-state index is 12.5. The van der Waals surface area contributed by atoms with Crippen molar-refractivity contribution in [3.05, 3.63) is 29.8 Å². The predicted molar refractivity (Wildman–Crippen MR) is 84.7 cm³/mol. The van der Waals surface area contributed by atoms with Crippen LogP contribution in [0.1, 0.15) is 25.3 Å². The van der Waals surface area contributed by atoms with Crippen LogP contribution in [0.2, 0.25) is 0 Å². The van der Waals surface area contributed by atoms with Crippen molar-refractivity contribution >= 4 is 21.4 Å². The van der Waals surface area contributed by atoms with Crippen molar-refractivity contribution in [1.82, 2.24) is 0 Å². The summed E-state index contributed by atoms with van der Waals surface area (Å²) in [5, 5.41) is 0. The van der Waals surface area contributed by atoms with Gasteiger partial charge in [-0.15, -0.1) is 0 Å². The van der Waals surface area contributed by atoms with Gasteiger partial charge in [-0.3, -0.25) is 4.79 Å². The van der Waals surface area contributed by atoms with Crippen molar-refractivity contribution in [3.63, 3.8) is 0 Å². The summed E-state index contributed by atoms with van der Waals surface area (Å²) in [5.41, 5.74) is 1.94. The second kappa shape index (κ2) is 6.01. The third kappa shape index (κ3) is 3.17. The van der Waals surface area contributed by atoms with Gasteiger partial charge in [-0.2, -0.15) is 0 Å². The molecule has 6 heteroatoms. The van der Waals surface area contributed by atoms with Gasteiger partial charge in [0.05, 0.1) is 11.9 Å². The van der Waals surface area contributed by atoms with E-state index >= 15 is 0 Å². The second-order valence-electron chi connectivity index (χ2n) is 6.14. The second-order valence-corrected chi connectivity index (χ2v) is 8.24. The average Bonchev–Trinajstić information content (AvgIpc) is 3.03. The van der Waals surface area contributed by atoms with Crippen LogP contribution in [0.3, 0.4) is 0 Å². The van der Waals surface area contributed by atoms with E-state index in [1.807, 2.05) is 31.2 Å². The normalized spacial score (nSPS) is 24.5. The minimum Gasteiger partial charge on any atom is -0.377 e. The van der Waals surface area contributed by atoms with Crippen molar-refractivity contribution in [2.75, 3.05) is 23.0 Å². The van der Waals surface area contributed by atoms with Gasteiger partial charge in [0.25, 0.3) is 0 Å². The highest BCUT2D eigenvalue weighted by atomic mass is 32.2. The highest BCUT2D eigenvalue weighted by Gasteiger charge is 2.34. The summed E-state index contributed by atoms with van der Waals surface area (Å²) in [7, 11) is -3.44. The summed E-state index contributed by atoms with van der Waals surface area (Å²) in [4.78, 5) is 14.1. The largest absolute Gasteiger partial charge is 0.377 e. The lowest BCUT2D eigenvalue weighted by Crippen LogP contribution is -2.40. The van der Waals surface area contributed by atoms with Crippen LogP contribution >= 0.6 is 0 Å². The summed E-state index contributed by atoms with van der Waals surface area (Å²) in [6, 6.07) is 7.68. The van der Waals surface area contributed by atoms with E-state index in [9.17, 15) is 13.2 Å². The topological polar surface area (TPSA) is 63.7 Å². The number of anilines is 1. The molecule has 1 saturated heterocycles. The number of fused-ring (bicyclic) bond motifs is 1. The molecule has 22 heavy (non-hydrogen) atoms. The average molecular weight is 323 g/mol. The summed E-state index contributed by atoms with van der Waals surface area (Å²) >= 11 is 0. The molecule has 2 aliphatic heterocycles. The Kier molecular flexibility index (Phi) is 4.23. The molecule has 1 aromatic carbocycles. The number of hydrogen-bond acceptors (Lipinski definition) is 4. The zero-order chi connectivity index (χ0) is 15.7. The fraction of sp³-hybridized carbons (Fsp3) is 0.562. The van der Waals surface area contributed by atoms with E-state index in [0.717, 1.165) is 30.5 Å². The number of para-hydroxylation sites is 1. The molecule has 0 radical (unpaired) electrons. The molecule has 1 fully saturated rings. The van der Waals surface area contributed by atoms with Crippen molar-refractivity contribution in [2.45, 2.75) is 38.3 Å². The van der Waals surface area contributed by atoms with E-state index in [1.54, 1.807) is 4.90 Å². The Morgan fingerprint density at radius 3 is 2.86 bits per heavy atom. The smallest absolute Gasteiger partial charge is 0.242 e. The third-order valence-corrected chi connectivity index (χ3v) is 5.85. The van der Waals surface area contributed by atoms with Crippen LogP contribution < -0.4 is 4.90 Å². The van der Waals surface area contributed by atoms with Crippen molar-refractivity contribution in [2.24, 2.45) is 0 Å². The number of ether oxygens (including phenoxy) is 1. The third-order valence-electron chi connectivity index (χ3n) is 4.28. The highest BCUT2D eigenvalue weighted by Crippen LogP contribution is 2.32. The Morgan fingerprint density at radius 2 is 2.14 bits per heavy atom. The number of benzene rings is 1. The van der Waals surface area contributed by atoms with Crippen LogP contribution in [0.4, 0.5) is 5.69 Å². The van der Waals surface area contributed by atoms with E-state index in [0.29, 0.717) is 6.61 Å². The quantitative estimate of drug-likeness (QED) is 0.843. The molecule has 0 aliphatic carbocycles. The van der Waals surface area contributed by atoms with Gasteiger partial charge in [0.1, 0.15) is 5.75 Å². The molecule has 2 aliphatic rings. The molecule has 1 amide bonds. The van der Waals surface area contributed by atoms with Crippen LogP contribution in [0, 0.1) is 0 Å². The van der Waals surface area contributed by atoms with Crippen LogP contribution in [0.15, 0.2) is 24.3 Å². The van der Waals surface area contributed by atoms with Gasteiger partial charge in [-0.25, -0.2) is 8.42 Å². The first kappa shape index (κ1) is 15.5. The summed E-state index contributed by atoms with van der Waals surface area (Å²) in [6.45, 7) is 2.56. The van der Waals surface area contributed by atoms with Crippen molar-refractivity contribution < 1.29 is 17.9 Å². The first-order chi connectivity index (χ1) is 10.5. The number of carbonyl (C=O) groups is 1. The van der Waals surface area contributed by atoms with Gasteiger partial charge in [0.15, 0.2) is 9.84 Å². The molecule has 2 unspecified atom stereocenters. The van der Waals surface area contributed by atoms with Gasteiger partial charge >= 0.3 is 0 Å². The lowest BCUT2D eigenvalue weighted by molar-refractivity contribution is -0.116. The summed E-state index contributed by atoms with van der Waals surface area (Å²) in [5.74, 6) is -0.829. The predicted octanol–water partition coefficient (Wildman–Crippen LogP) is 1.56. The summed E-state index contributed by atoms with van der Waals surface area (Å²) in [6.07, 6.45) is 2.18. The van der Waals surface area contributed by atoms with Crippen LogP contribution in [0.25, 0.3) is 0 Å². The molecule has 2 atom stereocenters. The summed E-state index contributed by atoms with van der Waals surface area (Å²) < 4.78 is 29.9. The Hall–Kier alpha value is -1.40. The number of nitrogens with zero attached hydrogens (tertiary/aromatic N) is 1. The fourth-order valence-electron chi connectivity index (χ4n) is 3.32. The van der Waals surface area contributed by atoms with E-state index < -0.39 is 15.6 Å². The fourth-order valence-corrected chi connectivity index (χ4v) is 4.78. The van der Waals surface area contributed by atoms with Crippen LogP contribution in [-0.4, -0.2) is 44.6 Å². The number of rotatable bonds is 4. The van der Waals surface area contributed by atoms with Crippen molar-refractivity contribution in [1.29, 1.82) is 0 Å². The van der Waals surface area contributed by atoms with E-state index in [2.05, 4.69) is 0 Å². The lowest BCUT2D eigenvalue weighted by atomic mass is 10.1. The highest BCUT2D eigenvalue weighted by molar-refractivity contribution is 7.92. The number of carbonyl (C=O) groups excluding carboxylic acids is 1. The number of hydrogen-bond donors (Lipinski definition) is 0. The van der Waals surface area contributed by atoms with Gasteiger partial charge in [-0.1, -0.05) is 18.2 Å². The maximum Gasteiger partial charge on any atom is 0.242 e. The molecule has 5 nitrogen and oxygen atoms in total. The zero-order valence-electron chi connectivity index (χ0n) is 12.7. The Balaban J connectivity index is 1.71. The number of amides is 1. The molecule has 0 bridgehead atoms. The first-order valence-corrected chi connectivity index (χ1v) is 9.50. The van der Waals surface area contributed by atoms with E-state index in [1.165, 1.54) is 0 Å². The SMILES string of the molecule is CC1Cc2ccccc2N1C(=O)CS(=O)(=O)CC1CCCO1. The lowest BCUT2D eigenvalue weighted by Gasteiger charge is -2.23. The maximum absolute atomic E-state index is 12.5. The van der Waals surface area contributed by atoms with Gasteiger partial charge in [-0.05, 0) is 37.8 Å². The Morgan fingerprint density at radius 1 is 1.36 bits per heavy atom. The zero-order valence-corrected chi connectivity index (χ0v) is 13.5. The minimum atomic E-state index is -3.44. The van der Waals surface area contributed by atoms with Crippen molar-refractivity contribution in [3.8, 4) is 0 Å². The first-order valence-electron chi connectivity index (χ1n) is 7.68. The molecule has 120 valence electrons. The van der Waals surface area contributed by atoms with Crippen LogP contribution in [-0.2, 0) is 25.8 Å². The monoisotopic (exact) mass is 323 g/mol. The van der Waals surface area contributed by atoms with E-state index in [-0.39, 0.29) is 23.8 Å². The number of sulfone groups is 1. The Bertz CT molecular complexity index is 664. The van der Waals surface area contributed by atoms with Gasteiger partial charge < -0.3 is 9.64 Å². The molecule has 0 aromatic heterocycles. The molecule has 1 aromatic rings. The molecule has 0 N–H and O–H groups in total. The minimum absolute atomic E-state index is 0.00262. The molecular formula is C16H21NO4S. The molecular weight excluding hydrogens is 302 g/mol. The van der Waals surface area contributed by atoms with Gasteiger partial charge in [0.2, 0.25) is 5.91 Å². The van der Waals surface area contributed by atoms with Gasteiger partial charge in [0, 0.05) is 18.3 Å². The molecule has 2 heterocycles. The van der Waals surface area contributed by atoms with E-state index in [4.69, 9.17) is 4.74 Å². The Labute approximate surface area is 131 Å². The molecule has 0 saturated carbocycles.